The summed E-state index contributed by atoms with van der Waals surface area (Å²) in [6.45, 7) is 2.84. The van der Waals surface area contributed by atoms with Crippen molar-refractivity contribution in [1.29, 1.82) is 0 Å². The number of unbranched alkanes of at least 4 members (excludes halogenated alkanes) is 3. The minimum atomic E-state index is -0.228. The second-order valence-corrected chi connectivity index (χ2v) is 4.39. The Kier molecular flexibility index (Phi) is 8.95. The monoisotopic (exact) mass is 282 g/mol. The summed E-state index contributed by atoms with van der Waals surface area (Å²) in [4.78, 5) is 11.6. The summed E-state index contributed by atoms with van der Waals surface area (Å²) >= 11 is 0. The maximum atomic E-state index is 11.6. The Morgan fingerprint density at radius 2 is 2.05 bits per heavy atom. The second kappa shape index (κ2) is 9.91. The van der Waals surface area contributed by atoms with E-state index in [0.29, 0.717) is 23.7 Å². The number of benzene rings is 1. The Morgan fingerprint density at radius 1 is 1.30 bits per heavy atom. The molecule has 0 heterocycles. The Morgan fingerprint density at radius 3 is 2.65 bits per heavy atom. The van der Waals surface area contributed by atoms with Crippen molar-refractivity contribution in [2.75, 3.05) is 24.7 Å². The van der Waals surface area contributed by atoms with Crippen LogP contribution in [0.2, 0.25) is 0 Å². The van der Waals surface area contributed by atoms with Crippen LogP contribution >= 0.6 is 0 Å². The van der Waals surface area contributed by atoms with Crippen molar-refractivity contribution in [2.45, 2.75) is 32.6 Å². The number of hydrogen-bond donors (Lipinski definition) is 4. The van der Waals surface area contributed by atoms with Crippen LogP contribution in [0.15, 0.2) is 18.2 Å². The fraction of sp³-hybridized carbons (Fsp3) is 0.500. The number of carbonyl (C=O) groups excluding carboxylic acids is 1. The quantitative estimate of drug-likeness (QED) is 0.454. The Balaban J connectivity index is 0.00000361. The van der Waals surface area contributed by atoms with E-state index in [4.69, 9.17) is 10.5 Å². The van der Waals surface area contributed by atoms with Gasteiger partial charge in [0.1, 0.15) is 5.75 Å². The molecule has 0 fully saturated rings. The zero-order chi connectivity index (χ0) is 14.1. The van der Waals surface area contributed by atoms with E-state index in [-0.39, 0.29) is 12.2 Å². The van der Waals surface area contributed by atoms with E-state index in [1.165, 1.54) is 12.8 Å². The number of carbonyl (C=O) groups is 1. The largest absolute Gasteiger partial charge is 0.497 e. The van der Waals surface area contributed by atoms with Gasteiger partial charge in [0.2, 0.25) is 0 Å². The number of hydrogen-bond acceptors (Lipinski definition) is 4. The van der Waals surface area contributed by atoms with Gasteiger partial charge >= 0.3 is 6.03 Å². The van der Waals surface area contributed by atoms with Gasteiger partial charge in [-0.25, -0.2) is 4.79 Å². The number of nitrogen functional groups attached to an aromatic ring is 1. The molecule has 0 saturated heterocycles. The normalized spacial score (nSPS) is 9.50. The number of ether oxygens (including phenoxy) is 1. The molecule has 0 aliphatic carbocycles. The number of amides is 2. The zero-order valence-electron chi connectivity index (χ0n) is 12.4. The lowest BCUT2D eigenvalue weighted by Crippen LogP contribution is -2.29. The van der Waals surface area contributed by atoms with Crippen LogP contribution in [0.25, 0.3) is 0 Å². The highest BCUT2D eigenvalue weighted by atomic mass is 16.5. The van der Waals surface area contributed by atoms with Gasteiger partial charge in [-0.1, -0.05) is 26.2 Å². The minimum absolute atomic E-state index is 0. The van der Waals surface area contributed by atoms with Crippen LogP contribution in [0.4, 0.5) is 16.2 Å². The summed E-state index contributed by atoms with van der Waals surface area (Å²) < 4.78 is 5.05. The highest BCUT2D eigenvalue weighted by molar-refractivity contribution is 5.92. The molecule has 0 bridgehead atoms. The van der Waals surface area contributed by atoms with Crippen LogP contribution in [0.1, 0.15) is 32.6 Å². The minimum Gasteiger partial charge on any atom is -0.497 e. The summed E-state index contributed by atoms with van der Waals surface area (Å²) in [7, 11) is 1.57. The molecule has 114 valence electrons. The summed E-state index contributed by atoms with van der Waals surface area (Å²) in [6.07, 6.45) is 4.53. The molecule has 0 atom stereocenters. The average Bonchev–Trinajstić information content (AvgIpc) is 2.41. The smallest absolute Gasteiger partial charge is 0.319 e. The van der Waals surface area contributed by atoms with Gasteiger partial charge < -0.3 is 27.3 Å². The lowest BCUT2D eigenvalue weighted by Gasteiger charge is -2.10. The number of anilines is 2. The third-order valence-corrected chi connectivity index (χ3v) is 2.82. The SMILES string of the molecule is CCCCCCNC(=O)Nc1ccc(OC)cc1N.N. The van der Waals surface area contributed by atoms with Crippen LogP contribution in [0.5, 0.6) is 5.75 Å². The van der Waals surface area contributed by atoms with Crippen molar-refractivity contribution < 1.29 is 9.53 Å². The van der Waals surface area contributed by atoms with Gasteiger partial charge in [-0.3, -0.25) is 0 Å². The lowest BCUT2D eigenvalue weighted by atomic mass is 10.2. The molecule has 0 unspecified atom stereocenters. The summed E-state index contributed by atoms with van der Waals surface area (Å²) in [5, 5.41) is 5.53. The molecule has 0 saturated carbocycles. The molecule has 0 aromatic heterocycles. The Labute approximate surface area is 120 Å². The topological polar surface area (TPSA) is 111 Å². The Bertz CT molecular complexity index is 410. The first-order valence-electron chi connectivity index (χ1n) is 6.65. The molecule has 1 aromatic carbocycles. The molecular formula is C14H26N4O2. The number of methoxy groups -OCH3 is 1. The first kappa shape index (κ1) is 18.0. The number of rotatable bonds is 7. The first-order chi connectivity index (χ1) is 9.17. The first-order valence-corrected chi connectivity index (χ1v) is 6.65. The maximum absolute atomic E-state index is 11.6. The maximum Gasteiger partial charge on any atom is 0.319 e. The fourth-order valence-electron chi connectivity index (χ4n) is 1.70. The molecule has 0 radical (unpaired) electrons. The molecule has 20 heavy (non-hydrogen) atoms. The number of nitrogens with two attached hydrogens (primary N) is 1. The van der Waals surface area contributed by atoms with Crippen molar-refractivity contribution in [3.63, 3.8) is 0 Å². The molecule has 0 spiro atoms. The van der Waals surface area contributed by atoms with Gasteiger partial charge in [0.05, 0.1) is 18.5 Å². The van der Waals surface area contributed by atoms with E-state index in [1.807, 2.05) is 0 Å². The molecule has 1 aromatic rings. The van der Waals surface area contributed by atoms with Crippen molar-refractivity contribution >= 4 is 17.4 Å². The van der Waals surface area contributed by atoms with E-state index in [0.717, 1.165) is 12.8 Å². The summed E-state index contributed by atoms with van der Waals surface area (Å²) in [5.74, 6) is 0.669. The Hall–Kier alpha value is -1.95. The van der Waals surface area contributed by atoms with Crippen molar-refractivity contribution in [3.8, 4) is 5.75 Å². The van der Waals surface area contributed by atoms with Crippen LogP contribution in [-0.2, 0) is 0 Å². The number of nitrogens with one attached hydrogen (secondary N) is 2. The number of urea groups is 1. The highest BCUT2D eigenvalue weighted by Crippen LogP contribution is 2.23. The molecule has 0 aliphatic rings. The van der Waals surface area contributed by atoms with E-state index in [9.17, 15) is 4.79 Å². The van der Waals surface area contributed by atoms with Gasteiger partial charge in [-0.05, 0) is 18.6 Å². The standard InChI is InChI=1S/C14H23N3O2.H3N/c1-3-4-5-6-9-16-14(18)17-13-8-7-11(19-2)10-12(13)15;/h7-8,10H,3-6,9,15H2,1-2H3,(H2,16,17,18);1H3. The molecule has 0 aliphatic heterocycles. The molecule has 6 nitrogen and oxygen atoms in total. The average molecular weight is 282 g/mol. The summed E-state index contributed by atoms with van der Waals surface area (Å²) in [6, 6.07) is 4.93. The van der Waals surface area contributed by atoms with Crippen molar-refractivity contribution in [2.24, 2.45) is 0 Å². The van der Waals surface area contributed by atoms with Crippen LogP contribution in [0, 0.1) is 0 Å². The highest BCUT2D eigenvalue weighted by Gasteiger charge is 2.05. The van der Waals surface area contributed by atoms with E-state index >= 15 is 0 Å². The molecule has 2 amide bonds. The molecule has 7 N–H and O–H groups in total. The van der Waals surface area contributed by atoms with E-state index in [2.05, 4.69) is 17.6 Å². The van der Waals surface area contributed by atoms with E-state index < -0.39 is 0 Å². The molecule has 6 heteroatoms. The predicted molar refractivity (Wildman–Crippen MR) is 83.6 cm³/mol. The summed E-state index contributed by atoms with van der Waals surface area (Å²) in [5.41, 5.74) is 6.89. The molecular weight excluding hydrogens is 256 g/mol. The van der Waals surface area contributed by atoms with Gasteiger partial charge in [0.15, 0.2) is 0 Å². The third kappa shape index (κ3) is 6.29. The van der Waals surface area contributed by atoms with Crippen LogP contribution < -0.4 is 27.3 Å². The van der Waals surface area contributed by atoms with Crippen LogP contribution in [0.3, 0.4) is 0 Å². The van der Waals surface area contributed by atoms with E-state index in [1.54, 1.807) is 25.3 Å². The lowest BCUT2D eigenvalue weighted by molar-refractivity contribution is 0.252. The third-order valence-electron chi connectivity index (χ3n) is 2.82. The molecule has 1 rings (SSSR count). The second-order valence-electron chi connectivity index (χ2n) is 4.39. The van der Waals surface area contributed by atoms with Gasteiger partial charge in [0.25, 0.3) is 0 Å². The van der Waals surface area contributed by atoms with Gasteiger partial charge in [-0.15, -0.1) is 0 Å². The van der Waals surface area contributed by atoms with Crippen LogP contribution in [-0.4, -0.2) is 19.7 Å². The fourth-order valence-corrected chi connectivity index (χ4v) is 1.70. The van der Waals surface area contributed by atoms with Gasteiger partial charge in [-0.2, -0.15) is 0 Å². The van der Waals surface area contributed by atoms with Crippen molar-refractivity contribution in [3.05, 3.63) is 18.2 Å². The van der Waals surface area contributed by atoms with Gasteiger partial charge in [0, 0.05) is 12.6 Å². The zero-order valence-corrected chi connectivity index (χ0v) is 12.4. The van der Waals surface area contributed by atoms with Crippen molar-refractivity contribution in [1.82, 2.24) is 11.5 Å². The predicted octanol–water partition coefficient (Wildman–Crippen LogP) is 3.14.